The van der Waals surface area contributed by atoms with Crippen molar-refractivity contribution in [1.82, 2.24) is 4.90 Å². The van der Waals surface area contributed by atoms with E-state index >= 15 is 0 Å². The Kier molecular flexibility index (Phi) is 5.26. The summed E-state index contributed by atoms with van der Waals surface area (Å²) in [5.74, 6) is 0.624. The third kappa shape index (κ3) is 3.67. The molecule has 3 atom stereocenters. The summed E-state index contributed by atoms with van der Waals surface area (Å²) in [7, 11) is 2.25. The Labute approximate surface area is 106 Å². The molecule has 3 heteroatoms. The van der Waals surface area contributed by atoms with Crippen molar-refractivity contribution in [1.29, 1.82) is 0 Å². The van der Waals surface area contributed by atoms with E-state index in [4.69, 9.17) is 10.5 Å². The molecule has 1 saturated carbocycles. The zero-order valence-corrected chi connectivity index (χ0v) is 11.2. The highest BCUT2D eigenvalue weighted by atomic mass is 16.5. The van der Waals surface area contributed by atoms with Gasteiger partial charge < -0.3 is 15.4 Å². The summed E-state index contributed by atoms with van der Waals surface area (Å²) >= 11 is 0. The monoisotopic (exact) mass is 240 g/mol. The third-order valence-electron chi connectivity index (χ3n) is 4.60. The molecule has 2 N–H and O–H groups in total. The van der Waals surface area contributed by atoms with Crippen LogP contribution in [-0.4, -0.2) is 43.8 Å². The number of ether oxygens (including phenoxy) is 1. The van der Waals surface area contributed by atoms with Gasteiger partial charge in [0.05, 0.1) is 6.10 Å². The molecule has 3 nitrogen and oxygen atoms in total. The van der Waals surface area contributed by atoms with Crippen molar-refractivity contribution in [2.75, 3.05) is 26.7 Å². The lowest BCUT2D eigenvalue weighted by molar-refractivity contribution is 0.0150. The van der Waals surface area contributed by atoms with Crippen LogP contribution in [0, 0.1) is 5.92 Å². The van der Waals surface area contributed by atoms with Crippen molar-refractivity contribution in [3.05, 3.63) is 0 Å². The Morgan fingerprint density at radius 2 is 2.06 bits per heavy atom. The topological polar surface area (TPSA) is 38.5 Å². The Balaban J connectivity index is 1.65. The van der Waals surface area contributed by atoms with Crippen LogP contribution >= 0.6 is 0 Å². The van der Waals surface area contributed by atoms with Crippen LogP contribution in [-0.2, 0) is 4.74 Å². The van der Waals surface area contributed by atoms with E-state index in [9.17, 15) is 0 Å². The average molecular weight is 240 g/mol. The molecule has 0 radical (unpaired) electrons. The van der Waals surface area contributed by atoms with Gasteiger partial charge in [0.2, 0.25) is 0 Å². The summed E-state index contributed by atoms with van der Waals surface area (Å²) in [4.78, 5) is 2.50. The molecule has 0 aromatic carbocycles. The second-order valence-corrected chi connectivity index (χ2v) is 5.75. The first-order valence-electron chi connectivity index (χ1n) is 7.33. The molecular formula is C14H28N2O. The van der Waals surface area contributed by atoms with Gasteiger partial charge in [0.15, 0.2) is 0 Å². The van der Waals surface area contributed by atoms with Crippen LogP contribution in [0.15, 0.2) is 0 Å². The summed E-state index contributed by atoms with van der Waals surface area (Å²) in [6, 6.07) is 0.751. The number of likely N-dealkylation sites (tertiary alicyclic amines) is 1. The van der Waals surface area contributed by atoms with Crippen molar-refractivity contribution < 1.29 is 4.74 Å². The van der Waals surface area contributed by atoms with Crippen LogP contribution in [0.1, 0.15) is 44.9 Å². The van der Waals surface area contributed by atoms with Crippen LogP contribution in [0.3, 0.4) is 0 Å². The number of piperidine rings is 1. The molecule has 1 heterocycles. The molecule has 0 aromatic rings. The van der Waals surface area contributed by atoms with E-state index in [1.54, 1.807) is 0 Å². The van der Waals surface area contributed by atoms with E-state index in [2.05, 4.69) is 11.9 Å². The summed E-state index contributed by atoms with van der Waals surface area (Å²) in [6.07, 6.45) is 9.56. The fourth-order valence-corrected chi connectivity index (χ4v) is 3.36. The average Bonchev–Trinajstić information content (AvgIpc) is 2.79. The molecule has 100 valence electrons. The van der Waals surface area contributed by atoms with E-state index in [1.165, 1.54) is 51.5 Å². The van der Waals surface area contributed by atoms with Crippen molar-refractivity contribution >= 4 is 0 Å². The normalized spacial score (nSPS) is 35.3. The molecule has 1 aliphatic carbocycles. The van der Waals surface area contributed by atoms with Gasteiger partial charge in [0.1, 0.15) is 0 Å². The largest absolute Gasteiger partial charge is 0.378 e. The number of rotatable bonds is 5. The first-order chi connectivity index (χ1) is 8.31. The smallest absolute Gasteiger partial charge is 0.0615 e. The zero-order chi connectivity index (χ0) is 12.1. The minimum absolute atomic E-state index is 0.453. The Bertz CT molecular complexity index is 220. The highest BCUT2D eigenvalue weighted by Gasteiger charge is 2.27. The Hall–Kier alpha value is -0.120. The van der Waals surface area contributed by atoms with Gasteiger partial charge in [-0.15, -0.1) is 0 Å². The van der Waals surface area contributed by atoms with Crippen LogP contribution in [0.25, 0.3) is 0 Å². The lowest BCUT2D eigenvalue weighted by Gasteiger charge is -2.32. The second-order valence-electron chi connectivity index (χ2n) is 5.75. The Morgan fingerprint density at radius 1 is 1.18 bits per heavy atom. The van der Waals surface area contributed by atoms with Gasteiger partial charge in [-0.25, -0.2) is 0 Å². The van der Waals surface area contributed by atoms with Gasteiger partial charge >= 0.3 is 0 Å². The van der Waals surface area contributed by atoms with E-state index in [1.807, 2.05) is 0 Å². The van der Waals surface area contributed by atoms with Gasteiger partial charge in [-0.1, -0.05) is 12.8 Å². The Morgan fingerprint density at radius 3 is 2.82 bits per heavy atom. The highest BCUT2D eigenvalue weighted by molar-refractivity contribution is 4.79. The first kappa shape index (κ1) is 13.3. The maximum absolute atomic E-state index is 6.05. The van der Waals surface area contributed by atoms with Gasteiger partial charge in [-0.05, 0) is 58.2 Å². The maximum atomic E-state index is 6.05. The fourth-order valence-electron chi connectivity index (χ4n) is 3.36. The summed E-state index contributed by atoms with van der Waals surface area (Å²) in [5.41, 5.74) is 5.77. The van der Waals surface area contributed by atoms with Gasteiger partial charge in [0, 0.05) is 12.6 Å². The van der Waals surface area contributed by atoms with Crippen molar-refractivity contribution in [2.24, 2.45) is 11.7 Å². The molecule has 2 aliphatic rings. The van der Waals surface area contributed by atoms with E-state index in [0.717, 1.165) is 19.2 Å². The standard InChI is InChI=1S/C14H28N2O/c1-16-9-3-2-6-13(16)8-10-17-14-7-4-5-12(14)11-15/h12-14H,2-11,15H2,1H3. The predicted molar refractivity (Wildman–Crippen MR) is 71.0 cm³/mol. The minimum atomic E-state index is 0.453. The van der Waals surface area contributed by atoms with Crippen molar-refractivity contribution in [3.63, 3.8) is 0 Å². The maximum Gasteiger partial charge on any atom is 0.0615 e. The highest BCUT2D eigenvalue weighted by Crippen LogP contribution is 2.28. The lowest BCUT2D eigenvalue weighted by Crippen LogP contribution is -2.37. The zero-order valence-electron chi connectivity index (χ0n) is 11.2. The van der Waals surface area contributed by atoms with Crippen LogP contribution in [0.2, 0.25) is 0 Å². The molecular weight excluding hydrogens is 212 g/mol. The molecule has 0 spiro atoms. The summed E-state index contributed by atoms with van der Waals surface area (Å²) in [6.45, 7) is 2.99. The molecule has 2 rings (SSSR count). The number of hydrogen-bond acceptors (Lipinski definition) is 3. The van der Waals surface area contributed by atoms with E-state index < -0.39 is 0 Å². The van der Waals surface area contributed by atoms with Gasteiger partial charge in [0.25, 0.3) is 0 Å². The molecule has 2 fully saturated rings. The van der Waals surface area contributed by atoms with Crippen LogP contribution in [0.4, 0.5) is 0 Å². The van der Waals surface area contributed by atoms with Crippen LogP contribution < -0.4 is 5.73 Å². The molecule has 0 amide bonds. The molecule has 0 aromatic heterocycles. The van der Waals surface area contributed by atoms with Gasteiger partial charge in [-0.2, -0.15) is 0 Å². The molecule has 17 heavy (non-hydrogen) atoms. The number of nitrogens with zero attached hydrogens (tertiary/aromatic N) is 1. The second kappa shape index (κ2) is 6.72. The number of hydrogen-bond donors (Lipinski definition) is 1. The fraction of sp³-hybridized carbons (Fsp3) is 1.00. The van der Waals surface area contributed by atoms with Gasteiger partial charge in [-0.3, -0.25) is 0 Å². The van der Waals surface area contributed by atoms with Crippen molar-refractivity contribution in [2.45, 2.75) is 57.1 Å². The van der Waals surface area contributed by atoms with E-state index in [-0.39, 0.29) is 0 Å². The minimum Gasteiger partial charge on any atom is -0.378 e. The SMILES string of the molecule is CN1CCCCC1CCOC1CCCC1CN. The quantitative estimate of drug-likeness (QED) is 0.799. The molecule has 3 unspecified atom stereocenters. The molecule has 1 saturated heterocycles. The van der Waals surface area contributed by atoms with Crippen LogP contribution in [0.5, 0.6) is 0 Å². The first-order valence-corrected chi connectivity index (χ1v) is 7.33. The van der Waals surface area contributed by atoms with E-state index in [0.29, 0.717) is 12.0 Å². The number of nitrogens with two attached hydrogens (primary N) is 1. The van der Waals surface area contributed by atoms with Crippen molar-refractivity contribution in [3.8, 4) is 0 Å². The molecule has 0 bridgehead atoms. The predicted octanol–water partition coefficient (Wildman–Crippen LogP) is 2.00. The lowest BCUT2D eigenvalue weighted by atomic mass is 10.0. The summed E-state index contributed by atoms with van der Waals surface area (Å²) in [5, 5.41) is 0. The summed E-state index contributed by atoms with van der Waals surface area (Å²) < 4.78 is 6.05. The third-order valence-corrected chi connectivity index (χ3v) is 4.60. The molecule has 1 aliphatic heterocycles.